The number of rotatable bonds is 19. The molecule has 6 nitrogen and oxygen atoms in total. The average molecular weight is 765 g/mol. The lowest BCUT2D eigenvalue weighted by atomic mass is 10.3. The second-order valence-electron chi connectivity index (χ2n) is 9.83. The molecular weight excluding hydrogens is 733 g/mol. The normalized spacial score (nSPS) is 14.6. The van der Waals surface area contributed by atoms with Crippen molar-refractivity contribution in [2.75, 3.05) is 37.5 Å². The maximum Gasteiger partial charge on any atom is 0.538 e. The zero-order chi connectivity index (χ0) is 32.8. The molecule has 4 aromatic rings. The molecular formula is C33H32Cl6O6Si. The molecule has 0 aromatic heterocycles. The molecule has 46 heavy (non-hydrogen) atoms. The molecule has 3 unspecified atom stereocenters. The molecule has 0 saturated heterocycles. The summed E-state index contributed by atoms with van der Waals surface area (Å²) in [6.07, 6.45) is -2.11. The van der Waals surface area contributed by atoms with Crippen LogP contribution in [0.15, 0.2) is 103 Å². The van der Waals surface area contributed by atoms with Gasteiger partial charge in [0, 0.05) is 5.19 Å². The second kappa shape index (κ2) is 19.2. The van der Waals surface area contributed by atoms with Crippen molar-refractivity contribution in [3.05, 3.63) is 118 Å². The number of ether oxygens (including phenoxy) is 3. The molecule has 0 saturated carbocycles. The molecule has 0 amide bonds. The summed E-state index contributed by atoms with van der Waals surface area (Å²) in [5.41, 5.74) is 0. The molecule has 0 spiro atoms. The SMILES string of the molecule is ClCC(COc1ccccc1Cl)O[Si](OC(CCl)COc1ccccc1Cl)(OC(CCl)COc1ccccc1Cl)c1ccccc1. The van der Waals surface area contributed by atoms with E-state index in [9.17, 15) is 0 Å². The first-order valence-corrected chi connectivity index (χ1v) is 18.7. The van der Waals surface area contributed by atoms with Gasteiger partial charge in [0.1, 0.15) is 37.1 Å². The van der Waals surface area contributed by atoms with Crippen LogP contribution in [0.4, 0.5) is 0 Å². The third-order valence-electron chi connectivity index (χ3n) is 6.39. The first-order chi connectivity index (χ1) is 22.4. The van der Waals surface area contributed by atoms with Gasteiger partial charge in [0.15, 0.2) is 0 Å². The van der Waals surface area contributed by atoms with E-state index in [1.54, 1.807) is 36.4 Å². The largest absolute Gasteiger partial charge is 0.538 e. The fraction of sp³-hybridized carbons (Fsp3) is 0.273. The maximum absolute atomic E-state index is 6.77. The third-order valence-corrected chi connectivity index (χ3v) is 11.3. The fourth-order valence-corrected chi connectivity index (χ4v) is 8.44. The van der Waals surface area contributed by atoms with Crippen molar-refractivity contribution in [2.45, 2.75) is 18.3 Å². The summed E-state index contributed by atoms with van der Waals surface area (Å²) in [7, 11) is -3.97. The molecule has 0 fully saturated rings. The van der Waals surface area contributed by atoms with Crippen molar-refractivity contribution in [1.29, 1.82) is 0 Å². The van der Waals surface area contributed by atoms with Gasteiger partial charge in [-0.1, -0.05) is 102 Å². The summed E-state index contributed by atoms with van der Waals surface area (Å²) in [6, 6.07) is 30.7. The predicted octanol–water partition coefficient (Wildman–Crippen LogP) is 8.90. The zero-order valence-corrected chi connectivity index (χ0v) is 30.0. The average Bonchev–Trinajstić information content (AvgIpc) is 3.08. The van der Waals surface area contributed by atoms with E-state index < -0.39 is 27.1 Å². The van der Waals surface area contributed by atoms with E-state index in [-0.39, 0.29) is 37.5 Å². The van der Waals surface area contributed by atoms with Crippen LogP contribution in [-0.2, 0) is 13.3 Å². The van der Waals surface area contributed by atoms with Gasteiger partial charge in [0.05, 0.1) is 51.0 Å². The number of halogens is 6. The predicted molar refractivity (Wildman–Crippen MR) is 189 cm³/mol. The fourth-order valence-electron chi connectivity index (χ4n) is 4.15. The highest BCUT2D eigenvalue weighted by Crippen LogP contribution is 2.28. The van der Waals surface area contributed by atoms with Crippen LogP contribution < -0.4 is 19.4 Å². The Labute approximate surface area is 300 Å². The van der Waals surface area contributed by atoms with Crippen molar-refractivity contribution in [3.8, 4) is 17.2 Å². The Balaban J connectivity index is 1.66. The first-order valence-electron chi connectivity index (χ1n) is 14.3. The Morgan fingerprint density at radius 2 is 0.739 bits per heavy atom. The van der Waals surface area contributed by atoms with Gasteiger partial charge in [-0.2, -0.15) is 0 Å². The minimum atomic E-state index is -3.97. The molecule has 0 bridgehead atoms. The van der Waals surface area contributed by atoms with Crippen LogP contribution in [0.3, 0.4) is 0 Å². The zero-order valence-electron chi connectivity index (χ0n) is 24.5. The van der Waals surface area contributed by atoms with Gasteiger partial charge in [-0.3, -0.25) is 0 Å². The smallest absolute Gasteiger partial charge is 0.489 e. The molecule has 0 aliphatic rings. The number of para-hydroxylation sites is 3. The molecule has 0 aliphatic heterocycles. The molecule has 0 aliphatic carbocycles. The lowest BCUT2D eigenvalue weighted by molar-refractivity contribution is -0.0218. The van der Waals surface area contributed by atoms with Crippen molar-refractivity contribution >= 4 is 83.6 Å². The van der Waals surface area contributed by atoms with E-state index in [1.807, 2.05) is 66.7 Å². The van der Waals surface area contributed by atoms with E-state index in [2.05, 4.69) is 0 Å². The number of hydrogen-bond donors (Lipinski definition) is 0. The maximum atomic E-state index is 6.77. The van der Waals surface area contributed by atoms with Gasteiger partial charge in [0.25, 0.3) is 0 Å². The molecule has 0 N–H and O–H groups in total. The Morgan fingerprint density at radius 1 is 0.435 bits per heavy atom. The number of hydrogen-bond acceptors (Lipinski definition) is 6. The summed E-state index contributed by atoms with van der Waals surface area (Å²) < 4.78 is 38.3. The van der Waals surface area contributed by atoms with Gasteiger partial charge in [0.2, 0.25) is 0 Å². The van der Waals surface area contributed by atoms with E-state index in [4.69, 9.17) is 97.1 Å². The second-order valence-corrected chi connectivity index (χ2v) is 14.4. The summed E-state index contributed by atoms with van der Waals surface area (Å²) in [5, 5.41) is 2.00. The van der Waals surface area contributed by atoms with Crippen LogP contribution in [0, 0.1) is 0 Å². The van der Waals surface area contributed by atoms with Crippen LogP contribution in [0.5, 0.6) is 17.2 Å². The Morgan fingerprint density at radius 3 is 1.04 bits per heavy atom. The van der Waals surface area contributed by atoms with E-state index in [0.29, 0.717) is 37.5 Å². The summed E-state index contributed by atoms with van der Waals surface area (Å²) in [6.45, 7) is 0.139. The summed E-state index contributed by atoms with van der Waals surface area (Å²) >= 11 is 38.4. The summed E-state index contributed by atoms with van der Waals surface area (Å²) in [4.78, 5) is 0. The molecule has 246 valence electrons. The molecule has 3 atom stereocenters. The topological polar surface area (TPSA) is 55.4 Å². The first kappa shape index (κ1) is 36.9. The van der Waals surface area contributed by atoms with E-state index in [1.165, 1.54) is 0 Å². The lowest BCUT2D eigenvalue weighted by Gasteiger charge is -2.37. The highest BCUT2D eigenvalue weighted by molar-refractivity contribution is 6.75. The highest BCUT2D eigenvalue weighted by Gasteiger charge is 2.50. The third kappa shape index (κ3) is 10.8. The van der Waals surface area contributed by atoms with Gasteiger partial charge in [-0.25, -0.2) is 0 Å². The van der Waals surface area contributed by atoms with Crippen LogP contribution in [-0.4, -0.2) is 64.6 Å². The van der Waals surface area contributed by atoms with Crippen molar-refractivity contribution in [2.24, 2.45) is 0 Å². The van der Waals surface area contributed by atoms with Crippen molar-refractivity contribution < 1.29 is 27.5 Å². The van der Waals surface area contributed by atoms with Crippen LogP contribution >= 0.6 is 69.6 Å². The number of benzene rings is 4. The van der Waals surface area contributed by atoms with Gasteiger partial charge in [-0.05, 0) is 36.4 Å². The van der Waals surface area contributed by atoms with Crippen LogP contribution in [0.25, 0.3) is 0 Å². The van der Waals surface area contributed by atoms with Gasteiger partial charge >= 0.3 is 8.80 Å². The van der Waals surface area contributed by atoms with E-state index in [0.717, 1.165) is 0 Å². The Kier molecular flexibility index (Phi) is 15.4. The highest BCUT2D eigenvalue weighted by atomic mass is 35.5. The lowest BCUT2D eigenvalue weighted by Crippen LogP contribution is -2.63. The van der Waals surface area contributed by atoms with Crippen molar-refractivity contribution in [3.63, 3.8) is 0 Å². The van der Waals surface area contributed by atoms with Crippen LogP contribution in [0.1, 0.15) is 0 Å². The van der Waals surface area contributed by atoms with Gasteiger partial charge in [-0.15, -0.1) is 34.8 Å². The minimum absolute atomic E-state index is 0.0437. The minimum Gasteiger partial charge on any atom is -0.489 e. The van der Waals surface area contributed by atoms with Crippen molar-refractivity contribution in [1.82, 2.24) is 0 Å². The molecule has 0 radical (unpaired) electrons. The Hall–Kier alpha value is -1.88. The standard InChI is InChI=1S/C33H32Cl6O6Si/c34-18-24(21-40-31-15-7-4-12-28(31)37)43-46(27-10-2-1-3-11-27,44-25(19-35)22-41-32-16-8-5-13-29(32)38)45-26(20-36)23-42-33-17-9-6-14-30(33)39/h1-17,24-26H,18-23H2. The molecule has 0 heterocycles. The Bertz CT molecular complexity index is 1340. The van der Waals surface area contributed by atoms with E-state index >= 15 is 0 Å². The summed E-state index contributed by atoms with van der Waals surface area (Å²) in [5.74, 6) is 1.58. The number of alkyl halides is 3. The monoisotopic (exact) mass is 762 g/mol. The molecule has 13 heteroatoms. The van der Waals surface area contributed by atoms with Crippen LogP contribution in [0.2, 0.25) is 15.1 Å². The quantitative estimate of drug-likeness (QED) is 0.0703. The molecule has 4 rings (SSSR count). The molecule has 4 aromatic carbocycles. The van der Waals surface area contributed by atoms with Gasteiger partial charge < -0.3 is 27.5 Å².